The van der Waals surface area contributed by atoms with Crippen molar-refractivity contribution in [3.63, 3.8) is 0 Å². The summed E-state index contributed by atoms with van der Waals surface area (Å²) in [5.41, 5.74) is 12.7. The molecular formula is C20H16Cl2N2. The van der Waals surface area contributed by atoms with E-state index in [0.29, 0.717) is 10.0 Å². The first-order valence-corrected chi connectivity index (χ1v) is 8.48. The third-order valence-electron chi connectivity index (χ3n) is 4.59. The Hall–Kier alpha value is -2.16. The van der Waals surface area contributed by atoms with Gasteiger partial charge in [-0.25, -0.2) is 0 Å². The van der Waals surface area contributed by atoms with Crippen LogP contribution < -0.4 is 10.6 Å². The number of nitrogen functional groups attached to an aromatic ring is 1. The van der Waals surface area contributed by atoms with Crippen molar-refractivity contribution in [3.8, 4) is 11.1 Å². The highest BCUT2D eigenvalue weighted by atomic mass is 35.5. The van der Waals surface area contributed by atoms with Crippen molar-refractivity contribution in [2.24, 2.45) is 0 Å². The van der Waals surface area contributed by atoms with Crippen LogP contribution in [0.4, 0.5) is 11.4 Å². The van der Waals surface area contributed by atoms with E-state index in [-0.39, 0.29) is 6.04 Å². The van der Waals surface area contributed by atoms with Crippen LogP contribution in [0.2, 0.25) is 10.0 Å². The lowest BCUT2D eigenvalue weighted by Gasteiger charge is -2.38. The third kappa shape index (κ3) is 2.34. The lowest BCUT2D eigenvalue weighted by molar-refractivity contribution is 0.775. The van der Waals surface area contributed by atoms with Gasteiger partial charge in [0.1, 0.15) is 0 Å². The fourth-order valence-corrected chi connectivity index (χ4v) is 3.80. The number of benzene rings is 3. The summed E-state index contributed by atoms with van der Waals surface area (Å²) in [6.45, 7) is 0. The van der Waals surface area contributed by atoms with Gasteiger partial charge in [-0.05, 0) is 47.0 Å². The van der Waals surface area contributed by atoms with Crippen molar-refractivity contribution < 1.29 is 0 Å². The predicted octanol–water partition coefficient (Wildman–Crippen LogP) is 5.78. The highest BCUT2D eigenvalue weighted by molar-refractivity contribution is 6.42. The van der Waals surface area contributed by atoms with E-state index in [2.05, 4.69) is 48.3 Å². The van der Waals surface area contributed by atoms with Crippen LogP contribution in [-0.4, -0.2) is 7.05 Å². The van der Waals surface area contributed by atoms with Gasteiger partial charge in [-0.3, -0.25) is 0 Å². The molecule has 1 heterocycles. The van der Waals surface area contributed by atoms with Crippen molar-refractivity contribution in [1.29, 1.82) is 0 Å². The van der Waals surface area contributed by atoms with Gasteiger partial charge in [0.2, 0.25) is 0 Å². The molecule has 0 aliphatic carbocycles. The maximum Gasteiger partial charge on any atom is 0.0800 e. The smallest absolute Gasteiger partial charge is 0.0800 e. The summed E-state index contributed by atoms with van der Waals surface area (Å²) in [5, 5.41) is 1.12. The Morgan fingerprint density at radius 1 is 0.875 bits per heavy atom. The third-order valence-corrected chi connectivity index (χ3v) is 5.33. The minimum atomic E-state index is 0.0353. The summed E-state index contributed by atoms with van der Waals surface area (Å²) in [6, 6.07) is 20.3. The van der Waals surface area contributed by atoms with Crippen LogP contribution in [0.3, 0.4) is 0 Å². The zero-order valence-corrected chi connectivity index (χ0v) is 14.6. The van der Waals surface area contributed by atoms with Gasteiger partial charge in [0.05, 0.1) is 16.1 Å². The van der Waals surface area contributed by atoms with Gasteiger partial charge >= 0.3 is 0 Å². The number of para-hydroxylation sites is 1. The summed E-state index contributed by atoms with van der Waals surface area (Å²) in [7, 11) is 2.10. The molecule has 0 aromatic heterocycles. The Kier molecular flexibility index (Phi) is 3.67. The van der Waals surface area contributed by atoms with Gasteiger partial charge in [0.15, 0.2) is 0 Å². The summed E-state index contributed by atoms with van der Waals surface area (Å²) in [5.74, 6) is 0. The summed E-state index contributed by atoms with van der Waals surface area (Å²) < 4.78 is 0. The molecule has 3 aromatic rings. The van der Waals surface area contributed by atoms with E-state index in [4.69, 9.17) is 28.9 Å². The number of hydrogen-bond acceptors (Lipinski definition) is 2. The Morgan fingerprint density at radius 2 is 1.67 bits per heavy atom. The van der Waals surface area contributed by atoms with Gasteiger partial charge in [-0.2, -0.15) is 0 Å². The van der Waals surface area contributed by atoms with Crippen molar-refractivity contribution in [1.82, 2.24) is 0 Å². The van der Waals surface area contributed by atoms with E-state index in [1.807, 2.05) is 24.3 Å². The molecule has 0 radical (unpaired) electrons. The van der Waals surface area contributed by atoms with E-state index in [0.717, 1.165) is 11.3 Å². The largest absolute Gasteiger partial charge is 0.399 e. The maximum atomic E-state index is 6.26. The molecule has 1 aliphatic heterocycles. The number of anilines is 2. The number of halogens is 2. The number of rotatable bonds is 1. The van der Waals surface area contributed by atoms with Crippen LogP contribution >= 0.6 is 23.2 Å². The number of nitrogens with two attached hydrogens (primary N) is 1. The lowest BCUT2D eigenvalue weighted by Crippen LogP contribution is -2.29. The van der Waals surface area contributed by atoms with Gasteiger partial charge < -0.3 is 10.6 Å². The molecule has 0 saturated carbocycles. The standard InChI is InChI=1S/C20H16Cl2N2/c1-24-19-5-3-2-4-15(19)14-8-7-13(23)11-16(14)20(24)12-6-9-17(21)18(22)10-12/h2-11,20H,23H2,1H3. The number of hydrogen-bond donors (Lipinski definition) is 1. The van der Waals surface area contributed by atoms with Crippen LogP contribution in [0, 0.1) is 0 Å². The molecule has 24 heavy (non-hydrogen) atoms. The Bertz CT molecular complexity index is 937. The molecule has 0 amide bonds. The molecule has 1 aliphatic rings. The molecule has 0 spiro atoms. The summed E-state index contributed by atoms with van der Waals surface area (Å²) >= 11 is 12.4. The van der Waals surface area contributed by atoms with E-state index in [1.54, 1.807) is 0 Å². The van der Waals surface area contributed by atoms with Gasteiger partial charge in [0.25, 0.3) is 0 Å². The van der Waals surface area contributed by atoms with Crippen LogP contribution in [0.25, 0.3) is 11.1 Å². The lowest BCUT2D eigenvalue weighted by atomic mass is 9.85. The summed E-state index contributed by atoms with van der Waals surface area (Å²) in [4.78, 5) is 2.26. The van der Waals surface area contributed by atoms with Crippen LogP contribution in [-0.2, 0) is 0 Å². The molecule has 4 rings (SSSR count). The highest BCUT2D eigenvalue weighted by Gasteiger charge is 2.30. The first-order chi connectivity index (χ1) is 11.6. The van der Waals surface area contributed by atoms with Crippen molar-refractivity contribution in [2.45, 2.75) is 6.04 Å². The second kappa shape index (κ2) is 5.73. The second-order valence-corrected chi connectivity index (χ2v) is 6.87. The van der Waals surface area contributed by atoms with Crippen molar-refractivity contribution in [3.05, 3.63) is 81.8 Å². The Balaban J connectivity index is 1.98. The number of nitrogens with zero attached hydrogens (tertiary/aromatic N) is 1. The fraction of sp³-hybridized carbons (Fsp3) is 0.100. The van der Waals surface area contributed by atoms with Crippen molar-refractivity contribution in [2.75, 3.05) is 17.7 Å². The average molecular weight is 355 g/mol. The quantitative estimate of drug-likeness (QED) is 0.561. The van der Waals surface area contributed by atoms with Gasteiger partial charge in [-0.1, -0.05) is 53.5 Å². The number of fused-ring (bicyclic) bond motifs is 3. The Labute approximate surface area is 151 Å². The topological polar surface area (TPSA) is 29.3 Å². The molecule has 3 aromatic carbocycles. The average Bonchev–Trinajstić information content (AvgIpc) is 2.58. The minimum absolute atomic E-state index is 0.0353. The predicted molar refractivity (Wildman–Crippen MR) is 103 cm³/mol. The molecule has 120 valence electrons. The monoisotopic (exact) mass is 354 g/mol. The second-order valence-electron chi connectivity index (χ2n) is 6.05. The Morgan fingerprint density at radius 3 is 2.46 bits per heavy atom. The van der Waals surface area contributed by atoms with E-state index in [9.17, 15) is 0 Å². The fourth-order valence-electron chi connectivity index (χ4n) is 3.50. The first kappa shape index (κ1) is 15.4. The van der Waals surface area contributed by atoms with Gasteiger partial charge in [-0.15, -0.1) is 0 Å². The molecule has 0 saturated heterocycles. The zero-order valence-electron chi connectivity index (χ0n) is 13.1. The molecule has 0 bridgehead atoms. The van der Waals surface area contributed by atoms with E-state index in [1.165, 1.54) is 22.4 Å². The molecule has 4 heteroatoms. The van der Waals surface area contributed by atoms with Crippen LogP contribution in [0.1, 0.15) is 17.2 Å². The minimum Gasteiger partial charge on any atom is -0.399 e. The normalized spacial score (nSPS) is 15.8. The van der Waals surface area contributed by atoms with Crippen LogP contribution in [0.15, 0.2) is 60.7 Å². The van der Waals surface area contributed by atoms with Crippen molar-refractivity contribution >= 4 is 34.6 Å². The van der Waals surface area contributed by atoms with E-state index >= 15 is 0 Å². The van der Waals surface area contributed by atoms with Crippen LogP contribution in [0.5, 0.6) is 0 Å². The molecule has 0 fully saturated rings. The molecule has 1 atom stereocenters. The first-order valence-electron chi connectivity index (χ1n) is 7.73. The van der Waals surface area contributed by atoms with E-state index < -0.39 is 0 Å². The zero-order chi connectivity index (χ0) is 16.8. The summed E-state index contributed by atoms with van der Waals surface area (Å²) in [6.07, 6.45) is 0. The molecule has 1 unspecified atom stereocenters. The highest BCUT2D eigenvalue weighted by Crippen LogP contribution is 2.47. The maximum absolute atomic E-state index is 6.26. The SMILES string of the molecule is CN1c2ccccc2-c2ccc(N)cc2C1c1ccc(Cl)c(Cl)c1. The van der Waals surface area contributed by atoms with Gasteiger partial charge in [0, 0.05) is 24.0 Å². The molecule has 2 N–H and O–H groups in total. The molecular weight excluding hydrogens is 339 g/mol. The molecule has 2 nitrogen and oxygen atoms in total.